The third kappa shape index (κ3) is 5.04. The molecule has 4 nitrogen and oxygen atoms in total. The molecule has 1 aromatic rings. The second-order valence-corrected chi connectivity index (χ2v) is 4.20. The van der Waals surface area contributed by atoms with Crippen LogP contribution in [0.15, 0.2) is 6.08 Å². The Labute approximate surface area is 106 Å². The van der Waals surface area contributed by atoms with Gasteiger partial charge in [-0.05, 0) is 12.5 Å². The minimum absolute atomic E-state index is 0.0496. The Hall–Kier alpha value is -1.29. The van der Waals surface area contributed by atoms with Crippen LogP contribution >= 0.6 is 11.6 Å². The molecule has 1 rings (SSSR count). The highest BCUT2D eigenvalue weighted by atomic mass is 35.5. The molecule has 17 heavy (non-hydrogen) atoms. The molecule has 1 amide bonds. The first-order valence-corrected chi connectivity index (χ1v) is 6.16. The lowest BCUT2D eigenvalue weighted by atomic mass is 10.2. The van der Waals surface area contributed by atoms with Crippen molar-refractivity contribution in [3.05, 3.63) is 22.7 Å². The van der Waals surface area contributed by atoms with E-state index >= 15 is 0 Å². The minimum atomic E-state index is -0.0496. The van der Waals surface area contributed by atoms with Gasteiger partial charge in [0, 0.05) is 19.9 Å². The number of amides is 1. The summed E-state index contributed by atoms with van der Waals surface area (Å²) < 4.78 is 0. The number of hydrogen-bond donors (Lipinski definition) is 2. The van der Waals surface area contributed by atoms with Gasteiger partial charge in [-0.2, -0.15) is 0 Å². The molecule has 2 N–H and O–H groups in total. The molecule has 0 aliphatic rings. The van der Waals surface area contributed by atoms with Crippen molar-refractivity contribution in [1.82, 2.24) is 15.3 Å². The largest absolute Gasteiger partial charge is 0.353 e. The molecule has 0 radical (unpaired) electrons. The fraction of sp³-hybridized carbons (Fsp3) is 0.500. The Morgan fingerprint density at radius 3 is 3.00 bits per heavy atom. The van der Waals surface area contributed by atoms with E-state index in [1.807, 2.05) is 12.2 Å². The Morgan fingerprint density at radius 1 is 1.59 bits per heavy atom. The summed E-state index contributed by atoms with van der Waals surface area (Å²) in [4.78, 5) is 18.1. The van der Waals surface area contributed by atoms with Crippen molar-refractivity contribution in [3.8, 4) is 0 Å². The van der Waals surface area contributed by atoms with E-state index in [0.29, 0.717) is 11.7 Å². The zero-order chi connectivity index (χ0) is 12.7. The van der Waals surface area contributed by atoms with Crippen molar-refractivity contribution in [2.24, 2.45) is 0 Å². The number of nitrogens with zero attached hydrogens (tertiary/aromatic N) is 1. The van der Waals surface area contributed by atoms with Gasteiger partial charge in [-0.15, -0.1) is 0 Å². The zero-order valence-electron chi connectivity index (χ0n) is 10.2. The van der Waals surface area contributed by atoms with Crippen LogP contribution in [0, 0.1) is 0 Å². The number of aryl methyl sites for hydroxylation is 1. The summed E-state index contributed by atoms with van der Waals surface area (Å²) in [5, 5.41) is 3.22. The van der Waals surface area contributed by atoms with Gasteiger partial charge >= 0.3 is 0 Å². The maximum Gasteiger partial charge on any atom is 0.217 e. The van der Waals surface area contributed by atoms with E-state index in [2.05, 4.69) is 22.2 Å². The lowest BCUT2D eigenvalue weighted by Gasteiger charge is -1.93. The van der Waals surface area contributed by atoms with Crippen molar-refractivity contribution >= 4 is 23.6 Å². The van der Waals surface area contributed by atoms with E-state index in [1.54, 1.807) is 0 Å². The Morgan fingerprint density at radius 2 is 2.35 bits per heavy atom. The predicted molar refractivity (Wildman–Crippen MR) is 69.9 cm³/mol. The maximum atomic E-state index is 10.7. The van der Waals surface area contributed by atoms with E-state index in [9.17, 15) is 4.79 Å². The van der Waals surface area contributed by atoms with Crippen LogP contribution < -0.4 is 5.32 Å². The molecule has 0 aliphatic heterocycles. The molecule has 94 valence electrons. The average Bonchev–Trinajstić information content (AvgIpc) is 2.62. The monoisotopic (exact) mass is 255 g/mol. The lowest BCUT2D eigenvalue weighted by Crippen LogP contribution is -2.19. The van der Waals surface area contributed by atoms with Gasteiger partial charge in [0.2, 0.25) is 5.91 Å². The fourth-order valence-electron chi connectivity index (χ4n) is 1.36. The summed E-state index contributed by atoms with van der Waals surface area (Å²) in [5.41, 5.74) is 0.725. The number of unbranched alkanes of at least 4 members (excludes halogenated alkanes) is 1. The molecule has 0 aromatic carbocycles. The number of carbonyl (C=O) groups is 1. The van der Waals surface area contributed by atoms with Crippen LogP contribution in [0.4, 0.5) is 0 Å². The van der Waals surface area contributed by atoms with Gasteiger partial charge < -0.3 is 10.3 Å². The van der Waals surface area contributed by atoms with E-state index < -0.39 is 0 Å². The molecular weight excluding hydrogens is 238 g/mol. The molecule has 1 aromatic heterocycles. The van der Waals surface area contributed by atoms with Crippen molar-refractivity contribution in [2.45, 2.75) is 33.1 Å². The van der Waals surface area contributed by atoms with Crippen molar-refractivity contribution in [3.63, 3.8) is 0 Å². The third-order valence-corrected chi connectivity index (χ3v) is 2.53. The number of halogens is 1. The van der Waals surface area contributed by atoms with Gasteiger partial charge in [-0.1, -0.05) is 31.0 Å². The molecule has 0 bridgehead atoms. The Kier molecular flexibility index (Phi) is 5.77. The van der Waals surface area contributed by atoms with Crippen LogP contribution in [-0.4, -0.2) is 22.4 Å². The number of hydrogen-bond acceptors (Lipinski definition) is 2. The number of aromatic nitrogens is 2. The zero-order valence-corrected chi connectivity index (χ0v) is 11.0. The summed E-state index contributed by atoms with van der Waals surface area (Å²) in [7, 11) is 0. The second-order valence-electron chi connectivity index (χ2n) is 3.83. The highest BCUT2D eigenvalue weighted by Gasteiger charge is 2.04. The van der Waals surface area contributed by atoms with Gasteiger partial charge in [-0.3, -0.25) is 4.79 Å². The van der Waals surface area contributed by atoms with Gasteiger partial charge in [0.15, 0.2) is 0 Å². The van der Waals surface area contributed by atoms with Gasteiger partial charge in [-0.25, -0.2) is 4.98 Å². The molecule has 0 saturated heterocycles. The first-order valence-electron chi connectivity index (χ1n) is 5.78. The van der Waals surface area contributed by atoms with Crippen LogP contribution in [0.5, 0.6) is 0 Å². The molecule has 0 spiro atoms. The topological polar surface area (TPSA) is 57.8 Å². The number of rotatable bonds is 6. The van der Waals surface area contributed by atoms with Crippen molar-refractivity contribution in [2.75, 3.05) is 6.54 Å². The van der Waals surface area contributed by atoms with Crippen LogP contribution in [-0.2, 0) is 11.2 Å². The maximum absolute atomic E-state index is 10.7. The SMILES string of the molecule is CCCCc1nc(C=CCNC(C)=O)c(Cl)[nH]1. The normalized spacial score (nSPS) is 11.0. The molecular formula is C12H18ClN3O. The summed E-state index contributed by atoms with van der Waals surface area (Å²) in [6, 6.07) is 0. The second kappa shape index (κ2) is 7.12. The van der Waals surface area contributed by atoms with Crippen LogP contribution in [0.3, 0.4) is 0 Å². The number of carbonyl (C=O) groups excluding carboxylic acids is 1. The number of aromatic amines is 1. The first kappa shape index (κ1) is 13.8. The Bertz CT molecular complexity index is 398. The van der Waals surface area contributed by atoms with Crippen LogP contribution in [0.25, 0.3) is 6.08 Å². The summed E-state index contributed by atoms with van der Waals surface area (Å²) >= 11 is 6.01. The van der Waals surface area contributed by atoms with E-state index in [0.717, 1.165) is 30.8 Å². The van der Waals surface area contributed by atoms with Crippen molar-refractivity contribution in [1.29, 1.82) is 0 Å². The summed E-state index contributed by atoms with van der Waals surface area (Å²) in [5.74, 6) is 0.863. The van der Waals surface area contributed by atoms with E-state index in [-0.39, 0.29) is 5.91 Å². The summed E-state index contributed by atoms with van der Waals surface area (Å²) in [6.07, 6.45) is 6.78. The first-order chi connectivity index (χ1) is 8.13. The van der Waals surface area contributed by atoms with Gasteiger partial charge in [0.25, 0.3) is 0 Å². The standard InChI is InChI=1S/C12H18ClN3O/c1-3-4-7-11-15-10(12(13)16-11)6-5-8-14-9(2)17/h5-6H,3-4,7-8H2,1-2H3,(H,14,17)(H,15,16). The third-order valence-electron chi connectivity index (χ3n) is 2.25. The number of H-pyrrole nitrogens is 1. The molecule has 0 atom stereocenters. The summed E-state index contributed by atoms with van der Waals surface area (Å²) in [6.45, 7) is 4.11. The van der Waals surface area contributed by atoms with E-state index in [4.69, 9.17) is 11.6 Å². The molecule has 0 saturated carbocycles. The fourth-order valence-corrected chi connectivity index (χ4v) is 1.57. The van der Waals surface area contributed by atoms with Gasteiger partial charge in [0.05, 0.1) is 0 Å². The average molecular weight is 256 g/mol. The molecule has 5 heteroatoms. The highest BCUT2D eigenvalue weighted by Crippen LogP contribution is 2.15. The van der Waals surface area contributed by atoms with Crippen LogP contribution in [0.2, 0.25) is 5.15 Å². The molecule has 0 fully saturated rings. The smallest absolute Gasteiger partial charge is 0.217 e. The predicted octanol–water partition coefficient (Wildman–Crippen LogP) is 2.56. The van der Waals surface area contributed by atoms with E-state index in [1.165, 1.54) is 6.92 Å². The Balaban J connectivity index is 2.52. The number of nitrogens with one attached hydrogen (secondary N) is 2. The van der Waals surface area contributed by atoms with Crippen LogP contribution in [0.1, 0.15) is 38.2 Å². The van der Waals surface area contributed by atoms with Gasteiger partial charge in [0.1, 0.15) is 16.7 Å². The van der Waals surface area contributed by atoms with Crippen molar-refractivity contribution < 1.29 is 4.79 Å². The molecule has 0 aliphatic carbocycles. The quantitative estimate of drug-likeness (QED) is 0.821. The molecule has 1 heterocycles. The number of imidazole rings is 1. The minimum Gasteiger partial charge on any atom is -0.353 e. The lowest BCUT2D eigenvalue weighted by molar-refractivity contribution is -0.118. The highest BCUT2D eigenvalue weighted by molar-refractivity contribution is 6.30. The molecule has 0 unspecified atom stereocenters.